The minimum atomic E-state index is -0.407. The van der Waals surface area contributed by atoms with E-state index in [9.17, 15) is 15.0 Å². The molecule has 150 valence electrons. The molecule has 0 aliphatic carbocycles. The third kappa shape index (κ3) is 5.33. The maximum Gasteiger partial charge on any atom is 0.226 e. The first-order valence-electron chi connectivity index (χ1n) is 9.94. The number of hydrogen-bond donors (Lipinski definition) is 3. The van der Waals surface area contributed by atoms with E-state index in [1.807, 2.05) is 25.1 Å². The van der Waals surface area contributed by atoms with Crippen molar-refractivity contribution in [1.82, 2.24) is 10.2 Å². The van der Waals surface area contributed by atoms with E-state index < -0.39 is 5.41 Å². The van der Waals surface area contributed by atoms with E-state index in [-0.39, 0.29) is 24.3 Å². The number of aliphatic hydroxyl groups is 1. The van der Waals surface area contributed by atoms with Crippen LogP contribution in [0.5, 0.6) is 5.75 Å². The molecule has 0 aromatic heterocycles. The number of rotatable bonds is 7. The fourth-order valence-electron chi connectivity index (χ4n) is 3.71. The lowest BCUT2D eigenvalue weighted by Gasteiger charge is -2.39. The molecule has 1 fully saturated rings. The number of aliphatic hydroxyl groups excluding tert-OH is 1. The third-order valence-electron chi connectivity index (χ3n) is 5.73. The van der Waals surface area contributed by atoms with Crippen LogP contribution in [0.15, 0.2) is 54.6 Å². The van der Waals surface area contributed by atoms with Crippen molar-refractivity contribution in [2.45, 2.75) is 38.8 Å². The summed E-state index contributed by atoms with van der Waals surface area (Å²) in [6, 6.07) is 16.9. The van der Waals surface area contributed by atoms with E-state index in [0.29, 0.717) is 6.42 Å². The Balaban J connectivity index is 1.52. The number of hydrogen-bond acceptors (Lipinski definition) is 4. The third-order valence-corrected chi connectivity index (χ3v) is 5.73. The van der Waals surface area contributed by atoms with Crippen molar-refractivity contribution in [3.05, 3.63) is 65.7 Å². The number of piperidine rings is 1. The van der Waals surface area contributed by atoms with Crippen LogP contribution in [0.4, 0.5) is 0 Å². The molecule has 0 saturated carbocycles. The summed E-state index contributed by atoms with van der Waals surface area (Å²) in [5.74, 6) is 0.229. The highest BCUT2D eigenvalue weighted by Crippen LogP contribution is 2.32. The lowest BCUT2D eigenvalue weighted by Crippen LogP contribution is -2.50. The van der Waals surface area contributed by atoms with Crippen molar-refractivity contribution in [1.29, 1.82) is 0 Å². The molecule has 1 amide bonds. The van der Waals surface area contributed by atoms with Gasteiger partial charge in [0, 0.05) is 12.0 Å². The van der Waals surface area contributed by atoms with Crippen molar-refractivity contribution in [3.63, 3.8) is 0 Å². The predicted molar refractivity (Wildman–Crippen MR) is 110 cm³/mol. The van der Waals surface area contributed by atoms with Crippen molar-refractivity contribution in [2.75, 3.05) is 19.7 Å². The van der Waals surface area contributed by atoms with Crippen molar-refractivity contribution >= 4 is 5.91 Å². The summed E-state index contributed by atoms with van der Waals surface area (Å²) in [7, 11) is 0. The van der Waals surface area contributed by atoms with Gasteiger partial charge in [-0.1, -0.05) is 49.4 Å². The van der Waals surface area contributed by atoms with Crippen LogP contribution >= 0.6 is 0 Å². The Kier molecular flexibility index (Phi) is 6.70. The number of benzene rings is 2. The lowest BCUT2D eigenvalue weighted by atomic mass is 9.79. The maximum absolute atomic E-state index is 12.9. The molecule has 1 atom stereocenters. The topological polar surface area (TPSA) is 72.8 Å². The van der Waals surface area contributed by atoms with E-state index in [0.717, 1.165) is 38.0 Å². The van der Waals surface area contributed by atoms with E-state index in [4.69, 9.17) is 0 Å². The van der Waals surface area contributed by atoms with Crippen molar-refractivity contribution in [2.24, 2.45) is 5.41 Å². The van der Waals surface area contributed by atoms with Gasteiger partial charge in [0.2, 0.25) is 5.91 Å². The molecule has 0 unspecified atom stereocenters. The molecular formula is C23H30N2O3. The van der Waals surface area contributed by atoms with Gasteiger partial charge < -0.3 is 15.5 Å². The Morgan fingerprint density at radius 1 is 1.07 bits per heavy atom. The zero-order valence-corrected chi connectivity index (χ0v) is 16.5. The Bertz CT molecular complexity index is 753. The Labute approximate surface area is 167 Å². The van der Waals surface area contributed by atoms with E-state index in [2.05, 4.69) is 34.5 Å². The van der Waals surface area contributed by atoms with Crippen molar-refractivity contribution in [3.8, 4) is 5.75 Å². The SMILES string of the molecule is CC1(C(=O)N[C@H](CO)Cc2ccc(O)cc2)CCN(Cc2ccccc2)CC1. The van der Waals surface area contributed by atoms with Gasteiger partial charge in [-0.2, -0.15) is 0 Å². The number of carbonyl (C=O) groups excluding carboxylic acids is 1. The van der Waals surface area contributed by atoms with Gasteiger partial charge in [-0.25, -0.2) is 0 Å². The molecule has 5 nitrogen and oxygen atoms in total. The van der Waals surface area contributed by atoms with Crippen LogP contribution in [0.25, 0.3) is 0 Å². The molecule has 1 aliphatic heterocycles. The molecule has 0 radical (unpaired) electrons. The number of amides is 1. The summed E-state index contributed by atoms with van der Waals surface area (Å²) >= 11 is 0. The fraction of sp³-hybridized carbons (Fsp3) is 0.435. The molecule has 0 spiro atoms. The number of aromatic hydroxyl groups is 1. The van der Waals surface area contributed by atoms with Crippen LogP contribution in [0.3, 0.4) is 0 Å². The highest BCUT2D eigenvalue weighted by Gasteiger charge is 2.37. The molecule has 1 saturated heterocycles. The van der Waals surface area contributed by atoms with E-state index >= 15 is 0 Å². The van der Waals surface area contributed by atoms with Crippen LogP contribution < -0.4 is 5.32 Å². The Morgan fingerprint density at radius 2 is 1.71 bits per heavy atom. The Morgan fingerprint density at radius 3 is 2.32 bits per heavy atom. The van der Waals surface area contributed by atoms with Gasteiger partial charge in [0.25, 0.3) is 0 Å². The average molecular weight is 383 g/mol. The summed E-state index contributed by atoms with van der Waals surface area (Å²) in [6.45, 7) is 4.61. The number of nitrogens with one attached hydrogen (secondary N) is 1. The lowest BCUT2D eigenvalue weighted by molar-refractivity contribution is -0.134. The maximum atomic E-state index is 12.9. The van der Waals surface area contributed by atoms with Gasteiger partial charge in [-0.3, -0.25) is 9.69 Å². The first-order valence-corrected chi connectivity index (χ1v) is 9.94. The second-order valence-electron chi connectivity index (χ2n) is 8.05. The van der Waals surface area contributed by atoms with Gasteiger partial charge in [0.15, 0.2) is 0 Å². The smallest absolute Gasteiger partial charge is 0.226 e. The molecule has 0 bridgehead atoms. The first-order chi connectivity index (χ1) is 13.5. The number of likely N-dealkylation sites (tertiary alicyclic amines) is 1. The standard InChI is InChI=1S/C23H30N2O3/c1-23(11-13-25(14-12-23)16-19-5-3-2-4-6-19)22(28)24-20(17-26)15-18-7-9-21(27)10-8-18/h2-10,20,26-27H,11-17H2,1H3,(H,24,28)/t20-/m0/s1. The second kappa shape index (κ2) is 9.22. The number of phenols is 1. The fourth-order valence-corrected chi connectivity index (χ4v) is 3.71. The summed E-state index contributed by atoms with van der Waals surface area (Å²) in [6.07, 6.45) is 2.16. The first kappa shape index (κ1) is 20.4. The molecule has 28 heavy (non-hydrogen) atoms. The molecule has 5 heteroatoms. The monoisotopic (exact) mass is 382 g/mol. The number of phenolic OH excluding ortho intramolecular Hbond substituents is 1. The molecule has 3 rings (SSSR count). The van der Waals surface area contributed by atoms with E-state index in [1.165, 1.54) is 5.56 Å². The van der Waals surface area contributed by atoms with Gasteiger partial charge in [-0.15, -0.1) is 0 Å². The van der Waals surface area contributed by atoms with Gasteiger partial charge in [0.1, 0.15) is 5.75 Å². The quantitative estimate of drug-likeness (QED) is 0.688. The Hall–Kier alpha value is -2.37. The van der Waals surface area contributed by atoms with Crippen LogP contribution in [0.1, 0.15) is 30.9 Å². The van der Waals surface area contributed by atoms with Crippen LogP contribution in [-0.2, 0) is 17.8 Å². The minimum Gasteiger partial charge on any atom is -0.508 e. The molecule has 3 N–H and O–H groups in total. The number of carbonyl (C=O) groups is 1. The number of nitrogens with zero attached hydrogens (tertiary/aromatic N) is 1. The predicted octanol–water partition coefficient (Wildman–Crippen LogP) is 2.71. The van der Waals surface area contributed by atoms with Gasteiger partial charge in [-0.05, 0) is 55.6 Å². The summed E-state index contributed by atoms with van der Waals surface area (Å²) < 4.78 is 0. The zero-order chi connectivity index (χ0) is 20.0. The highest BCUT2D eigenvalue weighted by atomic mass is 16.3. The molecule has 1 heterocycles. The van der Waals surface area contributed by atoms with Crippen LogP contribution in [0, 0.1) is 5.41 Å². The zero-order valence-electron chi connectivity index (χ0n) is 16.5. The summed E-state index contributed by atoms with van der Waals surface area (Å²) in [5, 5.41) is 22.1. The van der Waals surface area contributed by atoms with Crippen LogP contribution in [-0.4, -0.2) is 46.8 Å². The summed E-state index contributed by atoms with van der Waals surface area (Å²) in [4.78, 5) is 15.3. The average Bonchev–Trinajstić information content (AvgIpc) is 2.71. The second-order valence-corrected chi connectivity index (χ2v) is 8.05. The highest BCUT2D eigenvalue weighted by molar-refractivity contribution is 5.82. The summed E-state index contributed by atoms with van der Waals surface area (Å²) in [5.41, 5.74) is 1.86. The van der Waals surface area contributed by atoms with Gasteiger partial charge in [0.05, 0.1) is 12.6 Å². The largest absolute Gasteiger partial charge is 0.508 e. The van der Waals surface area contributed by atoms with Gasteiger partial charge >= 0.3 is 0 Å². The molecular weight excluding hydrogens is 352 g/mol. The minimum absolute atomic E-state index is 0.0182. The molecule has 2 aromatic carbocycles. The van der Waals surface area contributed by atoms with E-state index in [1.54, 1.807) is 12.1 Å². The van der Waals surface area contributed by atoms with Crippen molar-refractivity contribution < 1.29 is 15.0 Å². The molecule has 2 aromatic rings. The normalized spacial score (nSPS) is 17.8. The van der Waals surface area contributed by atoms with Crippen LogP contribution in [0.2, 0.25) is 0 Å². The molecule has 1 aliphatic rings.